The third-order valence-corrected chi connectivity index (χ3v) is 4.42. The molecule has 1 nitrogen and oxygen atoms in total. The van der Waals surface area contributed by atoms with E-state index in [2.05, 4.69) is 32.9 Å². The highest BCUT2D eigenvalue weighted by molar-refractivity contribution is 7.12. The van der Waals surface area contributed by atoms with E-state index in [-0.39, 0.29) is 5.41 Å². The van der Waals surface area contributed by atoms with E-state index < -0.39 is 0 Å². The van der Waals surface area contributed by atoms with Gasteiger partial charge in [-0.15, -0.1) is 11.3 Å². The Morgan fingerprint density at radius 2 is 1.94 bits per heavy atom. The number of allylic oxidation sites excluding steroid dienone is 2. The average Bonchev–Trinajstić information content (AvgIpc) is 2.62. The Balaban J connectivity index is 2.10. The van der Waals surface area contributed by atoms with E-state index in [9.17, 15) is 4.79 Å². The van der Waals surface area contributed by atoms with Gasteiger partial charge in [0.2, 0.25) is 0 Å². The summed E-state index contributed by atoms with van der Waals surface area (Å²) < 4.78 is 0. The fourth-order valence-corrected chi connectivity index (χ4v) is 3.53. The first kappa shape index (κ1) is 12.6. The second kappa shape index (κ2) is 4.77. The van der Waals surface area contributed by atoms with Crippen molar-refractivity contribution >= 4 is 17.1 Å². The molecule has 0 bridgehead atoms. The number of ketones is 1. The molecule has 1 aliphatic rings. The van der Waals surface area contributed by atoms with Crippen LogP contribution in [0.25, 0.3) is 0 Å². The van der Waals surface area contributed by atoms with Crippen LogP contribution in [0.4, 0.5) is 0 Å². The van der Waals surface area contributed by atoms with Gasteiger partial charge in [-0.2, -0.15) is 0 Å². The highest BCUT2D eigenvalue weighted by Crippen LogP contribution is 2.35. The van der Waals surface area contributed by atoms with E-state index in [1.54, 1.807) is 0 Å². The molecule has 1 aliphatic carbocycles. The van der Waals surface area contributed by atoms with E-state index in [1.165, 1.54) is 15.3 Å². The van der Waals surface area contributed by atoms with Crippen LogP contribution in [0.2, 0.25) is 0 Å². The van der Waals surface area contributed by atoms with Crippen molar-refractivity contribution in [3.63, 3.8) is 0 Å². The van der Waals surface area contributed by atoms with Gasteiger partial charge in [0.05, 0.1) is 0 Å². The van der Waals surface area contributed by atoms with Crippen LogP contribution in [-0.4, -0.2) is 5.78 Å². The molecule has 0 unspecified atom stereocenters. The van der Waals surface area contributed by atoms with Crippen molar-refractivity contribution < 1.29 is 4.79 Å². The molecule has 2 heteroatoms. The number of aryl methyl sites for hydroxylation is 1. The Morgan fingerprint density at radius 3 is 2.53 bits per heavy atom. The third kappa shape index (κ3) is 3.29. The molecule has 2 rings (SSSR count). The summed E-state index contributed by atoms with van der Waals surface area (Å²) >= 11 is 1.88. The van der Waals surface area contributed by atoms with Crippen LogP contribution in [0.5, 0.6) is 0 Å². The highest BCUT2D eigenvalue weighted by atomic mass is 32.1. The van der Waals surface area contributed by atoms with Gasteiger partial charge in [-0.05, 0) is 36.5 Å². The van der Waals surface area contributed by atoms with Crippen molar-refractivity contribution in [2.24, 2.45) is 5.41 Å². The molecule has 0 spiro atoms. The Labute approximate surface area is 108 Å². The van der Waals surface area contributed by atoms with E-state index in [4.69, 9.17) is 0 Å². The van der Waals surface area contributed by atoms with Crippen molar-refractivity contribution in [3.8, 4) is 0 Å². The molecule has 0 amide bonds. The molecule has 17 heavy (non-hydrogen) atoms. The fourth-order valence-electron chi connectivity index (χ4n) is 2.52. The molecule has 0 fully saturated rings. The Morgan fingerprint density at radius 1 is 1.24 bits per heavy atom. The maximum Gasteiger partial charge on any atom is 0.156 e. The molecular weight excluding hydrogens is 228 g/mol. The zero-order valence-corrected chi connectivity index (χ0v) is 11.7. The van der Waals surface area contributed by atoms with Gasteiger partial charge in [-0.3, -0.25) is 4.79 Å². The van der Waals surface area contributed by atoms with Crippen LogP contribution in [0, 0.1) is 5.41 Å². The lowest BCUT2D eigenvalue weighted by Crippen LogP contribution is -2.22. The summed E-state index contributed by atoms with van der Waals surface area (Å²) in [4.78, 5) is 14.5. The fraction of sp³-hybridized carbons (Fsp3) is 0.533. The first-order chi connectivity index (χ1) is 7.98. The lowest BCUT2D eigenvalue weighted by atomic mass is 9.76. The molecule has 1 heterocycles. The standard InChI is InChI=1S/C15H20OS/c1-4-13-5-6-14(17-13)8-11-7-12(16)10-15(2,3)9-11/h5-7H,4,8-10H2,1-3H3. The predicted molar refractivity (Wildman–Crippen MR) is 73.5 cm³/mol. The van der Waals surface area contributed by atoms with Gasteiger partial charge < -0.3 is 0 Å². The zero-order valence-electron chi connectivity index (χ0n) is 10.9. The molecule has 0 aliphatic heterocycles. The molecule has 1 aromatic rings. The summed E-state index contributed by atoms with van der Waals surface area (Å²) in [6, 6.07) is 4.41. The average molecular weight is 248 g/mol. The van der Waals surface area contributed by atoms with Gasteiger partial charge in [-0.1, -0.05) is 26.3 Å². The van der Waals surface area contributed by atoms with Crippen molar-refractivity contribution in [2.75, 3.05) is 0 Å². The molecule has 0 N–H and O–H groups in total. The van der Waals surface area contributed by atoms with Gasteiger partial charge in [0, 0.05) is 22.6 Å². The highest BCUT2D eigenvalue weighted by Gasteiger charge is 2.27. The molecule has 0 saturated carbocycles. The smallest absolute Gasteiger partial charge is 0.156 e. The minimum absolute atomic E-state index is 0.145. The molecule has 0 radical (unpaired) electrons. The van der Waals surface area contributed by atoms with Crippen molar-refractivity contribution in [1.82, 2.24) is 0 Å². The number of hydrogen-bond donors (Lipinski definition) is 0. The zero-order chi connectivity index (χ0) is 12.5. The van der Waals surface area contributed by atoms with Crippen LogP contribution < -0.4 is 0 Å². The molecular formula is C15H20OS. The van der Waals surface area contributed by atoms with E-state index in [0.717, 1.165) is 19.3 Å². The van der Waals surface area contributed by atoms with Crippen LogP contribution >= 0.6 is 11.3 Å². The number of carbonyl (C=O) groups excluding carboxylic acids is 1. The summed E-state index contributed by atoms with van der Waals surface area (Å²) in [6.45, 7) is 6.55. The van der Waals surface area contributed by atoms with Crippen LogP contribution in [0.3, 0.4) is 0 Å². The molecule has 1 aromatic heterocycles. The largest absolute Gasteiger partial charge is 0.295 e. The third-order valence-electron chi connectivity index (χ3n) is 3.19. The number of thiophene rings is 1. The molecule has 92 valence electrons. The lowest BCUT2D eigenvalue weighted by molar-refractivity contribution is -0.117. The van der Waals surface area contributed by atoms with Gasteiger partial charge in [-0.25, -0.2) is 0 Å². The number of carbonyl (C=O) groups is 1. The van der Waals surface area contributed by atoms with E-state index in [1.807, 2.05) is 17.4 Å². The van der Waals surface area contributed by atoms with Crippen LogP contribution in [0.1, 0.15) is 43.4 Å². The molecule has 0 aromatic carbocycles. The van der Waals surface area contributed by atoms with Gasteiger partial charge in [0.15, 0.2) is 5.78 Å². The molecule has 0 saturated heterocycles. The first-order valence-electron chi connectivity index (χ1n) is 6.28. The van der Waals surface area contributed by atoms with E-state index >= 15 is 0 Å². The SMILES string of the molecule is CCc1ccc(CC2=CC(=O)CC(C)(C)C2)s1. The number of rotatable bonds is 3. The Bertz CT molecular complexity index is 451. The molecule has 0 atom stereocenters. The Hall–Kier alpha value is -0.890. The van der Waals surface area contributed by atoms with Gasteiger partial charge >= 0.3 is 0 Å². The van der Waals surface area contributed by atoms with Crippen LogP contribution in [-0.2, 0) is 17.6 Å². The van der Waals surface area contributed by atoms with Crippen LogP contribution in [0.15, 0.2) is 23.8 Å². The normalized spacial score (nSPS) is 19.2. The second-order valence-electron chi connectivity index (χ2n) is 5.69. The van der Waals surface area contributed by atoms with E-state index in [0.29, 0.717) is 12.2 Å². The summed E-state index contributed by atoms with van der Waals surface area (Å²) in [5.74, 6) is 0.295. The van der Waals surface area contributed by atoms with Crippen molar-refractivity contribution in [1.29, 1.82) is 0 Å². The second-order valence-corrected chi connectivity index (χ2v) is 6.94. The minimum atomic E-state index is 0.145. The summed E-state index contributed by atoms with van der Waals surface area (Å²) in [6.07, 6.45) is 5.68. The van der Waals surface area contributed by atoms with Crippen molar-refractivity contribution in [2.45, 2.75) is 46.5 Å². The monoisotopic (exact) mass is 248 g/mol. The summed E-state index contributed by atoms with van der Waals surface area (Å²) in [7, 11) is 0. The summed E-state index contributed by atoms with van der Waals surface area (Å²) in [5.41, 5.74) is 1.45. The van der Waals surface area contributed by atoms with Gasteiger partial charge in [0.25, 0.3) is 0 Å². The quantitative estimate of drug-likeness (QED) is 0.784. The number of hydrogen-bond acceptors (Lipinski definition) is 2. The van der Waals surface area contributed by atoms with Gasteiger partial charge in [0.1, 0.15) is 0 Å². The minimum Gasteiger partial charge on any atom is -0.295 e. The Kier molecular flexibility index (Phi) is 3.53. The topological polar surface area (TPSA) is 17.1 Å². The predicted octanol–water partition coefficient (Wildman–Crippen LogP) is 4.17. The first-order valence-corrected chi connectivity index (χ1v) is 7.10. The lowest BCUT2D eigenvalue weighted by Gasteiger charge is -2.28. The maximum atomic E-state index is 11.7. The maximum absolute atomic E-state index is 11.7. The van der Waals surface area contributed by atoms with Crippen molar-refractivity contribution in [3.05, 3.63) is 33.5 Å². The summed E-state index contributed by atoms with van der Waals surface area (Å²) in [5, 5.41) is 0.